The van der Waals surface area contributed by atoms with Gasteiger partial charge in [0.1, 0.15) is 6.04 Å². The topological polar surface area (TPSA) is 69.6 Å². The van der Waals surface area contributed by atoms with Gasteiger partial charge in [-0.3, -0.25) is 10.1 Å². The minimum Gasteiger partial charge on any atom is -0.480 e. The molecule has 1 aromatic carbocycles. The largest absolute Gasteiger partial charge is 0.480 e. The Kier molecular flexibility index (Phi) is 4.56. The maximum absolute atomic E-state index is 11.5. The standard InChI is InChI=1S/C15H21NO3/c17-11-15(9-5-2-6-10-15)16-13(14(18)19)12-7-3-1-4-8-12/h1,3-4,7-8,13,16-17H,2,5-6,9-11H2,(H,18,19). The Balaban J connectivity index is 2.18. The second-order valence-electron chi connectivity index (χ2n) is 5.33. The zero-order valence-electron chi connectivity index (χ0n) is 11.0. The van der Waals surface area contributed by atoms with Crippen LogP contribution in [0.15, 0.2) is 30.3 Å². The van der Waals surface area contributed by atoms with Gasteiger partial charge in [0, 0.05) is 5.54 Å². The van der Waals surface area contributed by atoms with Crippen LogP contribution in [0, 0.1) is 0 Å². The van der Waals surface area contributed by atoms with Gasteiger partial charge in [-0.2, -0.15) is 0 Å². The van der Waals surface area contributed by atoms with E-state index in [1.165, 1.54) is 0 Å². The first kappa shape index (κ1) is 14.0. The zero-order valence-corrected chi connectivity index (χ0v) is 11.0. The van der Waals surface area contributed by atoms with E-state index in [1.54, 1.807) is 12.1 Å². The van der Waals surface area contributed by atoms with Gasteiger partial charge in [-0.15, -0.1) is 0 Å². The average Bonchev–Trinajstić information content (AvgIpc) is 2.46. The van der Waals surface area contributed by atoms with Crippen molar-refractivity contribution in [1.29, 1.82) is 0 Å². The third kappa shape index (κ3) is 3.33. The van der Waals surface area contributed by atoms with E-state index in [2.05, 4.69) is 5.32 Å². The predicted molar refractivity (Wildman–Crippen MR) is 72.9 cm³/mol. The fourth-order valence-electron chi connectivity index (χ4n) is 2.82. The average molecular weight is 263 g/mol. The molecule has 0 amide bonds. The maximum Gasteiger partial charge on any atom is 0.325 e. The molecule has 4 heteroatoms. The Morgan fingerprint density at radius 3 is 2.37 bits per heavy atom. The number of aliphatic hydroxyl groups is 1. The molecule has 0 aliphatic heterocycles. The van der Waals surface area contributed by atoms with Crippen LogP contribution in [-0.4, -0.2) is 28.3 Å². The second-order valence-corrected chi connectivity index (χ2v) is 5.33. The number of carboxylic acids is 1. The van der Waals surface area contributed by atoms with Crippen LogP contribution in [0.5, 0.6) is 0 Å². The summed E-state index contributed by atoms with van der Waals surface area (Å²) in [6.45, 7) is -0.0103. The third-order valence-electron chi connectivity index (χ3n) is 3.94. The predicted octanol–water partition coefficient (Wildman–Crippen LogP) is 2.10. The molecular weight excluding hydrogens is 242 g/mol. The van der Waals surface area contributed by atoms with E-state index in [9.17, 15) is 15.0 Å². The summed E-state index contributed by atoms with van der Waals surface area (Å²) >= 11 is 0. The van der Waals surface area contributed by atoms with Gasteiger partial charge in [0.25, 0.3) is 0 Å². The molecule has 1 aromatic rings. The van der Waals surface area contributed by atoms with Gasteiger partial charge in [0.05, 0.1) is 6.61 Å². The molecule has 1 saturated carbocycles. The van der Waals surface area contributed by atoms with Gasteiger partial charge in [-0.25, -0.2) is 0 Å². The molecule has 1 fully saturated rings. The van der Waals surface area contributed by atoms with E-state index in [-0.39, 0.29) is 6.61 Å². The normalized spacial score (nSPS) is 19.8. The molecule has 0 saturated heterocycles. The summed E-state index contributed by atoms with van der Waals surface area (Å²) in [5, 5.41) is 22.3. The summed E-state index contributed by atoms with van der Waals surface area (Å²) in [4.78, 5) is 11.5. The fraction of sp³-hybridized carbons (Fsp3) is 0.533. The molecule has 0 bridgehead atoms. The van der Waals surface area contributed by atoms with Crippen LogP contribution >= 0.6 is 0 Å². The van der Waals surface area contributed by atoms with E-state index in [0.29, 0.717) is 0 Å². The Bertz CT molecular complexity index is 413. The van der Waals surface area contributed by atoms with Crippen LogP contribution in [0.1, 0.15) is 43.7 Å². The Hall–Kier alpha value is -1.39. The number of aliphatic hydroxyl groups excluding tert-OH is 1. The van der Waals surface area contributed by atoms with Gasteiger partial charge >= 0.3 is 5.97 Å². The van der Waals surface area contributed by atoms with E-state index < -0.39 is 17.6 Å². The molecule has 104 valence electrons. The summed E-state index contributed by atoms with van der Waals surface area (Å²) in [6.07, 6.45) is 4.90. The van der Waals surface area contributed by atoms with Crippen molar-refractivity contribution in [2.75, 3.05) is 6.61 Å². The van der Waals surface area contributed by atoms with Crippen molar-refractivity contribution in [2.24, 2.45) is 0 Å². The summed E-state index contributed by atoms with van der Waals surface area (Å²) in [5.41, 5.74) is 0.283. The zero-order chi connectivity index (χ0) is 13.7. The lowest BCUT2D eigenvalue weighted by atomic mass is 9.81. The maximum atomic E-state index is 11.5. The number of carbonyl (C=O) groups is 1. The van der Waals surface area contributed by atoms with Crippen LogP contribution in [0.4, 0.5) is 0 Å². The molecule has 1 atom stereocenters. The molecule has 4 nitrogen and oxygen atoms in total. The number of benzene rings is 1. The minimum absolute atomic E-state index is 0.0103. The number of hydrogen-bond donors (Lipinski definition) is 3. The first-order chi connectivity index (χ1) is 9.17. The SMILES string of the molecule is O=C(O)C(NC1(CO)CCCCC1)c1ccccc1. The van der Waals surface area contributed by atoms with Gasteiger partial charge in [-0.1, -0.05) is 49.6 Å². The highest BCUT2D eigenvalue weighted by Gasteiger charge is 2.35. The second kappa shape index (κ2) is 6.17. The molecule has 19 heavy (non-hydrogen) atoms. The number of aliphatic carboxylic acids is 1. The van der Waals surface area contributed by atoms with Crippen molar-refractivity contribution in [3.63, 3.8) is 0 Å². The van der Waals surface area contributed by atoms with Crippen molar-refractivity contribution in [2.45, 2.75) is 43.7 Å². The van der Waals surface area contributed by atoms with Crippen molar-refractivity contribution in [3.8, 4) is 0 Å². The lowest BCUT2D eigenvalue weighted by Crippen LogP contribution is -2.52. The molecular formula is C15H21NO3. The van der Waals surface area contributed by atoms with Crippen LogP contribution < -0.4 is 5.32 Å². The van der Waals surface area contributed by atoms with Crippen molar-refractivity contribution in [3.05, 3.63) is 35.9 Å². The quantitative estimate of drug-likeness (QED) is 0.761. The molecule has 1 aliphatic rings. The number of hydrogen-bond acceptors (Lipinski definition) is 3. The highest BCUT2D eigenvalue weighted by atomic mass is 16.4. The van der Waals surface area contributed by atoms with E-state index in [1.807, 2.05) is 18.2 Å². The lowest BCUT2D eigenvalue weighted by molar-refractivity contribution is -0.140. The lowest BCUT2D eigenvalue weighted by Gasteiger charge is -2.38. The van der Waals surface area contributed by atoms with Gasteiger partial charge in [0.2, 0.25) is 0 Å². The summed E-state index contributed by atoms with van der Waals surface area (Å²) in [6, 6.07) is 8.38. The molecule has 2 rings (SSSR count). The van der Waals surface area contributed by atoms with Crippen molar-refractivity contribution < 1.29 is 15.0 Å². The van der Waals surface area contributed by atoms with E-state index >= 15 is 0 Å². The Morgan fingerprint density at radius 2 is 1.84 bits per heavy atom. The number of nitrogens with one attached hydrogen (secondary N) is 1. The number of carboxylic acid groups (broad SMARTS) is 1. The monoisotopic (exact) mass is 263 g/mol. The summed E-state index contributed by atoms with van der Waals surface area (Å²) in [7, 11) is 0. The van der Waals surface area contributed by atoms with Crippen LogP contribution in [-0.2, 0) is 4.79 Å². The Morgan fingerprint density at radius 1 is 1.21 bits per heavy atom. The van der Waals surface area contributed by atoms with Crippen LogP contribution in [0.25, 0.3) is 0 Å². The fourth-order valence-corrected chi connectivity index (χ4v) is 2.82. The molecule has 0 heterocycles. The molecule has 0 radical (unpaired) electrons. The molecule has 1 unspecified atom stereocenters. The molecule has 1 aliphatic carbocycles. The van der Waals surface area contributed by atoms with Crippen molar-refractivity contribution in [1.82, 2.24) is 5.32 Å². The third-order valence-corrected chi connectivity index (χ3v) is 3.94. The molecule has 3 N–H and O–H groups in total. The highest BCUT2D eigenvalue weighted by Crippen LogP contribution is 2.30. The van der Waals surface area contributed by atoms with E-state index in [0.717, 1.165) is 37.7 Å². The summed E-state index contributed by atoms with van der Waals surface area (Å²) in [5.74, 6) is -0.899. The minimum atomic E-state index is -0.899. The van der Waals surface area contributed by atoms with E-state index in [4.69, 9.17) is 0 Å². The van der Waals surface area contributed by atoms with Crippen LogP contribution in [0.2, 0.25) is 0 Å². The number of rotatable bonds is 5. The smallest absolute Gasteiger partial charge is 0.325 e. The highest BCUT2D eigenvalue weighted by molar-refractivity contribution is 5.75. The molecule has 0 aromatic heterocycles. The van der Waals surface area contributed by atoms with Gasteiger partial charge < -0.3 is 10.2 Å². The van der Waals surface area contributed by atoms with Gasteiger partial charge in [-0.05, 0) is 18.4 Å². The first-order valence-electron chi connectivity index (χ1n) is 6.83. The van der Waals surface area contributed by atoms with Crippen LogP contribution in [0.3, 0.4) is 0 Å². The Labute approximate surface area is 113 Å². The first-order valence-corrected chi connectivity index (χ1v) is 6.83. The van der Waals surface area contributed by atoms with Crippen molar-refractivity contribution >= 4 is 5.97 Å². The van der Waals surface area contributed by atoms with Gasteiger partial charge in [0.15, 0.2) is 0 Å². The summed E-state index contributed by atoms with van der Waals surface area (Å²) < 4.78 is 0. The molecule has 0 spiro atoms.